The van der Waals surface area contributed by atoms with Crippen molar-refractivity contribution in [2.75, 3.05) is 13.1 Å². The fourth-order valence-corrected chi connectivity index (χ4v) is 2.83. The van der Waals surface area contributed by atoms with Crippen LogP contribution < -0.4 is 5.73 Å². The summed E-state index contributed by atoms with van der Waals surface area (Å²) in [5, 5.41) is 0. The minimum Gasteiger partial charge on any atom is -0.342 e. The van der Waals surface area contributed by atoms with E-state index in [0.717, 1.165) is 25.9 Å². The summed E-state index contributed by atoms with van der Waals surface area (Å²) < 4.78 is 0. The molecule has 0 aromatic rings. The molecule has 1 aliphatic carbocycles. The normalized spacial score (nSPS) is 22.7. The van der Waals surface area contributed by atoms with Crippen LogP contribution in [0.4, 0.5) is 0 Å². The van der Waals surface area contributed by atoms with Crippen LogP contribution in [0.15, 0.2) is 0 Å². The lowest BCUT2D eigenvalue weighted by atomic mass is 9.99. The minimum absolute atomic E-state index is 0. The SMILES string of the molecule is CC(C)CN(CC(C)C)C(=O)C[C@@H]1CCC[C@H]1N.Cl. The summed E-state index contributed by atoms with van der Waals surface area (Å²) in [6, 6.07) is 0.244. The smallest absolute Gasteiger partial charge is 0.222 e. The van der Waals surface area contributed by atoms with Gasteiger partial charge in [-0.05, 0) is 30.6 Å². The van der Waals surface area contributed by atoms with Gasteiger partial charge in [-0.1, -0.05) is 34.1 Å². The third-order valence-electron chi connectivity index (χ3n) is 3.68. The third-order valence-corrected chi connectivity index (χ3v) is 3.68. The standard InChI is InChI=1S/C15H30N2O.ClH/c1-11(2)9-17(10-12(3)4)15(18)8-13-6-5-7-14(13)16;/h11-14H,5-10,16H2,1-4H3;1H/t13-,14+;/m0./s1. The largest absolute Gasteiger partial charge is 0.342 e. The van der Waals surface area contributed by atoms with Gasteiger partial charge in [0, 0.05) is 25.6 Å². The van der Waals surface area contributed by atoms with Crippen LogP contribution in [0.25, 0.3) is 0 Å². The number of hydrogen-bond donors (Lipinski definition) is 1. The van der Waals surface area contributed by atoms with Crippen molar-refractivity contribution >= 4 is 18.3 Å². The fourth-order valence-electron chi connectivity index (χ4n) is 2.83. The molecule has 1 fully saturated rings. The number of rotatable bonds is 6. The molecule has 3 nitrogen and oxygen atoms in total. The molecule has 1 aliphatic rings. The molecule has 0 saturated heterocycles. The van der Waals surface area contributed by atoms with Crippen LogP contribution >= 0.6 is 12.4 Å². The summed E-state index contributed by atoms with van der Waals surface area (Å²) in [7, 11) is 0. The Morgan fingerprint density at radius 3 is 2.05 bits per heavy atom. The van der Waals surface area contributed by atoms with Gasteiger partial charge >= 0.3 is 0 Å². The molecule has 0 aliphatic heterocycles. The zero-order chi connectivity index (χ0) is 13.7. The van der Waals surface area contributed by atoms with Crippen LogP contribution in [0.1, 0.15) is 53.4 Å². The molecule has 4 heteroatoms. The molecule has 0 aromatic carbocycles. The van der Waals surface area contributed by atoms with Gasteiger partial charge in [0.25, 0.3) is 0 Å². The molecule has 0 radical (unpaired) electrons. The van der Waals surface area contributed by atoms with Gasteiger partial charge in [0.15, 0.2) is 0 Å². The molecule has 0 heterocycles. The maximum absolute atomic E-state index is 12.4. The molecule has 1 amide bonds. The number of carbonyl (C=O) groups excluding carboxylic acids is 1. The number of halogens is 1. The number of amides is 1. The molecule has 1 rings (SSSR count). The van der Waals surface area contributed by atoms with E-state index < -0.39 is 0 Å². The van der Waals surface area contributed by atoms with Crippen molar-refractivity contribution in [3.8, 4) is 0 Å². The fraction of sp³-hybridized carbons (Fsp3) is 0.933. The summed E-state index contributed by atoms with van der Waals surface area (Å²) in [5.74, 6) is 1.79. The van der Waals surface area contributed by atoms with Gasteiger partial charge in [0.2, 0.25) is 5.91 Å². The molecular weight excluding hydrogens is 260 g/mol. The zero-order valence-corrected chi connectivity index (χ0v) is 13.7. The van der Waals surface area contributed by atoms with Gasteiger partial charge in [-0.25, -0.2) is 0 Å². The van der Waals surface area contributed by atoms with Crippen molar-refractivity contribution in [2.24, 2.45) is 23.5 Å². The third kappa shape index (κ3) is 6.62. The zero-order valence-electron chi connectivity index (χ0n) is 12.9. The summed E-state index contributed by atoms with van der Waals surface area (Å²) in [6.45, 7) is 10.4. The van der Waals surface area contributed by atoms with Crippen LogP contribution in [0.5, 0.6) is 0 Å². The van der Waals surface area contributed by atoms with Crippen molar-refractivity contribution in [1.82, 2.24) is 4.90 Å². The monoisotopic (exact) mass is 290 g/mol. The summed E-state index contributed by atoms with van der Waals surface area (Å²) >= 11 is 0. The van der Waals surface area contributed by atoms with Crippen molar-refractivity contribution in [1.29, 1.82) is 0 Å². The number of nitrogens with two attached hydrogens (primary N) is 1. The lowest BCUT2D eigenvalue weighted by molar-refractivity contribution is -0.133. The van der Waals surface area contributed by atoms with E-state index in [1.165, 1.54) is 6.42 Å². The first kappa shape index (κ1) is 18.7. The Hall–Kier alpha value is -0.280. The molecular formula is C15H31ClN2O. The molecule has 1 saturated carbocycles. The highest BCUT2D eigenvalue weighted by Gasteiger charge is 2.28. The second-order valence-electron chi connectivity index (χ2n) is 6.65. The van der Waals surface area contributed by atoms with E-state index in [0.29, 0.717) is 30.1 Å². The second kappa shape index (κ2) is 8.80. The lowest BCUT2D eigenvalue weighted by Crippen LogP contribution is -2.39. The average molecular weight is 291 g/mol. The highest BCUT2D eigenvalue weighted by molar-refractivity contribution is 5.85. The van der Waals surface area contributed by atoms with Crippen LogP contribution in [-0.4, -0.2) is 29.9 Å². The number of nitrogens with zero attached hydrogens (tertiary/aromatic N) is 1. The summed E-state index contributed by atoms with van der Waals surface area (Å²) in [4.78, 5) is 14.4. The molecule has 0 bridgehead atoms. The van der Waals surface area contributed by atoms with Crippen LogP contribution in [0.3, 0.4) is 0 Å². The molecule has 2 atom stereocenters. The maximum Gasteiger partial charge on any atom is 0.222 e. The molecule has 2 N–H and O–H groups in total. The van der Waals surface area contributed by atoms with Crippen molar-refractivity contribution in [3.63, 3.8) is 0 Å². The van der Waals surface area contributed by atoms with Crippen LogP contribution in [-0.2, 0) is 4.79 Å². The van der Waals surface area contributed by atoms with E-state index in [9.17, 15) is 4.79 Å². The Bertz CT molecular complexity index is 259. The van der Waals surface area contributed by atoms with Gasteiger partial charge in [-0.15, -0.1) is 12.4 Å². The number of carbonyl (C=O) groups is 1. The van der Waals surface area contributed by atoms with Gasteiger partial charge < -0.3 is 10.6 Å². The predicted octanol–water partition coefficient (Wildman–Crippen LogP) is 3.07. The van der Waals surface area contributed by atoms with E-state index in [1.54, 1.807) is 0 Å². The Balaban J connectivity index is 0.00000324. The molecule has 0 spiro atoms. The maximum atomic E-state index is 12.4. The molecule has 114 valence electrons. The Kier molecular flexibility index (Phi) is 8.67. The van der Waals surface area contributed by atoms with Gasteiger partial charge in [-0.2, -0.15) is 0 Å². The van der Waals surface area contributed by atoms with Crippen molar-refractivity contribution < 1.29 is 4.79 Å². The van der Waals surface area contributed by atoms with Crippen molar-refractivity contribution in [3.05, 3.63) is 0 Å². The van der Waals surface area contributed by atoms with E-state index in [1.807, 2.05) is 4.90 Å². The van der Waals surface area contributed by atoms with E-state index in [4.69, 9.17) is 5.73 Å². The van der Waals surface area contributed by atoms with E-state index in [2.05, 4.69) is 27.7 Å². The molecule has 0 unspecified atom stereocenters. The lowest BCUT2D eigenvalue weighted by Gasteiger charge is -2.28. The van der Waals surface area contributed by atoms with Gasteiger partial charge in [0.1, 0.15) is 0 Å². The van der Waals surface area contributed by atoms with Crippen LogP contribution in [0, 0.1) is 17.8 Å². The van der Waals surface area contributed by atoms with E-state index >= 15 is 0 Å². The van der Waals surface area contributed by atoms with E-state index in [-0.39, 0.29) is 18.4 Å². The first-order chi connectivity index (χ1) is 8.40. The summed E-state index contributed by atoms with van der Waals surface area (Å²) in [6.07, 6.45) is 4.06. The van der Waals surface area contributed by atoms with Gasteiger partial charge in [-0.3, -0.25) is 4.79 Å². The first-order valence-electron chi connectivity index (χ1n) is 7.43. The molecule has 19 heavy (non-hydrogen) atoms. The number of hydrogen-bond acceptors (Lipinski definition) is 2. The van der Waals surface area contributed by atoms with Crippen molar-refractivity contribution in [2.45, 2.75) is 59.4 Å². The topological polar surface area (TPSA) is 46.3 Å². The van der Waals surface area contributed by atoms with Crippen LogP contribution in [0.2, 0.25) is 0 Å². The molecule has 0 aromatic heterocycles. The second-order valence-corrected chi connectivity index (χ2v) is 6.65. The summed E-state index contributed by atoms with van der Waals surface area (Å²) in [5.41, 5.74) is 6.06. The Morgan fingerprint density at radius 2 is 1.68 bits per heavy atom. The highest BCUT2D eigenvalue weighted by Crippen LogP contribution is 2.27. The first-order valence-corrected chi connectivity index (χ1v) is 7.43. The predicted molar refractivity (Wildman–Crippen MR) is 83.4 cm³/mol. The minimum atomic E-state index is 0. The van der Waals surface area contributed by atoms with Gasteiger partial charge in [0.05, 0.1) is 0 Å². The average Bonchev–Trinajstić information content (AvgIpc) is 2.62. The Labute approximate surface area is 124 Å². The highest BCUT2D eigenvalue weighted by atomic mass is 35.5. The Morgan fingerprint density at radius 1 is 1.16 bits per heavy atom. The quantitative estimate of drug-likeness (QED) is 0.817.